The predicted octanol–water partition coefficient (Wildman–Crippen LogP) is 5.75. The number of hydrogen-bond acceptors (Lipinski definition) is 7. The zero-order chi connectivity index (χ0) is 25.5. The number of carbonyl (C=O) groups excluding carboxylic acids is 2. The molecule has 1 aliphatic heterocycles. The molecule has 2 heterocycles. The number of ether oxygens (including phenoxy) is 1. The quantitative estimate of drug-likeness (QED) is 0.441. The minimum atomic E-state index is -0.834. The normalized spacial score (nSPS) is 16.4. The highest BCUT2D eigenvalue weighted by Gasteiger charge is 2.46. The van der Waals surface area contributed by atoms with Crippen LogP contribution in [-0.4, -0.2) is 34.1 Å². The van der Waals surface area contributed by atoms with E-state index in [1.807, 2.05) is 38.1 Å². The van der Waals surface area contributed by atoms with Crippen LogP contribution in [0.1, 0.15) is 73.1 Å². The molecule has 1 unspecified atom stereocenters. The van der Waals surface area contributed by atoms with Crippen molar-refractivity contribution in [2.75, 3.05) is 12.0 Å². The Labute approximate surface area is 209 Å². The molecule has 35 heavy (non-hydrogen) atoms. The van der Waals surface area contributed by atoms with Crippen LogP contribution in [-0.2, 0) is 10.2 Å². The van der Waals surface area contributed by atoms with E-state index in [9.17, 15) is 14.7 Å². The van der Waals surface area contributed by atoms with Crippen molar-refractivity contribution < 1.29 is 19.4 Å². The maximum Gasteiger partial charge on any atom is 0.296 e. The lowest BCUT2D eigenvalue weighted by molar-refractivity contribution is -0.117. The van der Waals surface area contributed by atoms with Gasteiger partial charge in [0.1, 0.15) is 10.8 Å². The summed E-state index contributed by atoms with van der Waals surface area (Å²) in [7, 11) is 1.55. The third-order valence-corrected chi connectivity index (χ3v) is 7.25. The maximum absolute atomic E-state index is 13.6. The summed E-state index contributed by atoms with van der Waals surface area (Å²) >= 11 is 1.28. The van der Waals surface area contributed by atoms with E-state index in [4.69, 9.17) is 4.74 Å². The van der Waals surface area contributed by atoms with Crippen LogP contribution in [0, 0.1) is 0 Å². The average molecular weight is 492 g/mol. The van der Waals surface area contributed by atoms with E-state index < -0.39 is 23.5 Å². The molecule has 0 saturated heterocycles. The van der Waals surface area contributed by atoms with Crippen molar-refractivity contribution >= 4 is 28.2 Å². The van der Waals surface area contributed by atoms with Crippen molar-refractivity contribution in [1.29, 1.82) is 0 Å². The molecular formula is C27H29N3O4S. The molecule has 0 bridgehead atoms. The number of hydrogen-bond donors (Lipinski definition) is 1. The van der Waals surface area contributed by atoms with Gasteiger partial charge in [-0.15, -0.1) is 10.2 Å². The maximum atomic E-state index is 13.6. The number of ketones is 1. The van der Waals surface area contributed by atoms with Crippen LogP contribution in [0.15, 0.2) is 59.9 Å². The Morgan fingerprint density at radius 1 is 1.06 bits per heavy atom. The van der Waals surface area contributed by atoms with E-state index in [-0.39, 0.29) is 16.9 Å². The molecule has 1 amide bonds. The topological polar surface area (TPSA) is 92.6 Å². The van der Waals surface area contributed by atoms with E-state index in [1.165, 1.54) is 16.2 Å². The number of Topliss-reactive ketones (excluding diaryl/α,β-unsaturated/α-hetero) is 1. The van der Waals surface area contributed by atoms with Crippen LogP contribution < -0.4 is 9.64 Å². The third kappa shape index (κ3) is 4.58. The molecule has 182 valence electrons. The predicted molar refractivity (Wildman–Crippen MR) is 136 cm³/mol. The molecule has 7 nitrogen and oxygen atoms in total. The monoisotopic (exact) mass is 491 g/mol. The van der Waals surface area contributed by atoms with Gasteiger partial charge in [0.25, 0.3) is 5.91 Å². The van der Waals surface area contributed by atoms with Gasteiger partial charge in [0.15, 0.2) is 11.5 Å². The Morgan fingerprint density at radius 3 is 2.20 bits per heavy atom. The number of benzene rings is 2. The van der Waals surface area contributed by atoms with Crippen LogP contribution in [0.4, 0.5) is 5.13 Å². The molecule has 0 aliphatic carbocycles. The van der Waals surface area contributed by atoms with Crippen molar-refractivity contribution in [1.82, 2.24) is 10.2 Å². The SMILES string of the molecule is COc1ccc(C(=O)C2=C(O)C(=O)N(c3nnc(C(C)C)s3)C2c2ccc(C(C)(C)C)cc2)cc1. The second-order valence-corrected chi connectivity index (χ2v) is 10.8. The van der Waals surface area contributed by atoms with Gasteiger partial charge in [0.2, 0.25) is 5.13 Å². The first-order chi connectivity index (χ1) is 16.5. The molecule has 4 rings (SSSR count). The Kier molecular flexibility index (Phi) is 6.51. The van der Waals surface area contributed by atoms with E-state index >= 15 is 0 Å². The molecule has 1 aliphatic rings. The molecule has 1 atom stereocenters. The van der Waals surface area contributed by atoms with Gasteiger partial charge in [-0.2, -0.15) is 0 Å². The summed E-state index contributed by atoms with van der Waals surface area (Å²) in [5.41, 5.74) is 2.12. The lowest BCUT2D eigenvalue weighted by Crippen LogP contribution is -2.31. The van der Waals surface area contributed by atoms with Gasteiger partial charge < -0.3 is 9.84 Å². The first-order valence-corrected chi connectivity index (χ1v) is 12.2. The fourth-order valence-electron chi connectivity index (χ4n) is 3.97. The minimum absolute atomic E-state index is 0.0185. The van der Waals surface area contributed by atoms with Crippen molar-refractivity contribution in [3.05, 3.63) is 81.6 Å². The molecule has 0 saturated carbocycles. The van der Waals surface area contributed by atoms with E-state index in [2.05, 4.69) is 31.0 Å². The van der Waals surface area contributed by atoms with Gasteiger partial charge in [-0.3, -0.25) is 14.5 Å². The van der Waals surface area contributed by atoms with Crippen molar-refractivity contribution in [2.45, 2.75) is 52.0 Å². The number of methoxy groups -OCH3 is 1. The lowest BCUT2D eigenvalue weighted by Gasteiger charge is -2.25. The lowest BCUT2D eigenvalue weighted by atomic mass is 9.85. The smallest absolute Gasteiger partial charge is 0.296 e. The van der Waals surface area contributed by atoms with Gasteiger partial charge in [-0.25, -0.2) is 0 Å². The van der Waals surface area contributed by atoms with Crippen LogP contribution in [0.5, 0.6) is 5.75 Å². The van der Waals surface area contributed by atoms with Crippen molar-refractivity contribution in [2.24, 2.45) is 0 Å². The number of carbonyl (C=O) groups is 2. The van der Waals surface area contributed by atoms with Gasteiger partial charge in [-0.1, -0.05) is 70.2 Å². The van der Waals surface area contributed by atoms with Crippen LogP contribution in [0.25, 0.3) is 0 Å². The fraction of sp³-hybridized carbons (Fsp3) is 0.333. The summed E-state index contributed by atoms with van der Waals surface area (Å²) in [4.78, 5) is 28.3. The Balaban J connectivity index is 1.83. The summed E-state index contributed by atoms with van der Waals surface area (Å²) in [6.07, 6.45) is 0. The molecule has 8 heteroatoms. The summed E-state index contributed by atoms with van der Waals surface area (Å²) in [5.74, 6) is -0.937. The van der Waals surface area contributed by atoms with Crippen LogP contribution in [0.2, 0.25) is 0 Å². The Hall–Kier alpha value is -3.52. The number of aliphatic hydroxyl groups excluding tert-OH is 1. The average Bonchev–Trinajstić information content (AvgIpc) is 3.41. The largest absolute Gasteiger partial charge is 0.503 e. The summed E-state index contributed by atoms with van der Waals surface area (Å²) < 4.78 is 5.19. The number of amides is 1. The second-order valence-electron chi connectivity index (χ2n) is 9.85. The Morgan fingerprint density at radius 2 is 1.69 bits per heavy atom. The van der Waals surface area contributed by atoms with Gasteiger partial charge >= 0.3 is 0 Å². The summed E-state index contributed by atoms with van der Waals surface area (Å²) in [6.45, 7) is 10.3. The van der Waals surface area contributed by atoms with Crippen molar-refractivity contribution in [3.8, 4) is 5.75 Å². The van der Waals surface area contributed by atoms with Crippen LogP contribution >= 0.6 is 11.3 Å². The first-order valence-electron chi connectivity index (χ1n) is 11.4. The summed E-state index contributed by atoms with van der Waals surface area (Å²) in [5, 5.41) is 20.5. The van der Waals surface area contributed by atoms with Crippen molar-refractivity contribution in [3.63, 3.8) is 0 Å². The molecule has 1 N–H and O–H groups in total. The molecule has 1 aromatic heterocycles. The summed E-state index contributed by atoms with van der Waals surface area (Å²) in [6, 6.07) is 13.5. The number of aliphatic hydroxyl groups is 1. The fourth-order valence-corrected chi connectivity index (χ4v) is 4.84. The number of nitrogens with zero attached hydrogens (tertiary/aromatic N) is 3. The van der Waals surface area contributed by atoms with Gasteiger partial charge in [-0.05, 0) is 40.8 Å². The highest BCUT2D eigenvalue weighted by molar-refractivity contribution is 7.15. The molecule has 0 fully saturated rings. The van der Waals surface area contributed by atoms with Gasteiger partial charge in [0.05, 0.1) is 18.7 Å². The van der Waals surface area contributed by atoms with Gasteiger partial charge in [0, 0.05) is 11.5 Å². The number of rotatable bonds is 6. The standard InChI is InChI=1S/C27H29N3O4S/c1-15(2)24-28-29-26(35-24)30-21(16-7-11-18(12-8-16)27(3,4)5)20(23(32)25(30)33)22(31)17-9-13-19(34-6)14-10-17/h7-15,21,32H,1-6H3. The highest BCUT2D eigenvalue weighted by atomic mass is 32.1. The van der Waals surface area contributed by atoms with Crippen LogP contribution in [0.3, 0.4) is 0 Å². The molecule has 0 radical (unpaired) electrons. The van der Waals surface area contributed by atoms with E-state index in [0.717, 1.165) is 10.6 Å². The Bertz CT molecular complexity index is 1290. The first kappa shape index (κ1) is 24.6. The van der Waals surface area contributed by atoms with E-state index in [1.54, 1.807) is 31.4 Å². The third-order valence-electron chi connectivity index (χ3n) is 6.03. The highest BCUT2D eigenvalue weighted by Crippen LogP contribution is 2.43. The second kappa shape index (κ2) is 9.26. The van der Waals surface area contributed by atoms with E-state index in [0.29, 0.717) is 22.0 Å². The number of aromatic nitrogens is 2. The molecule has 0 spiro atoms. The number of anilines is 1. The zero-order valence-electron chi connectivity index (χ0n) is 20.7. The molecular weight excluding hydrogens is 462 g/mol. The zero-order valence-corrected chi connectivity index (χ0v) is 21.5. The molecule has 3 aromatic rings. The minimum Gasteiger partial charge on any atom is -0.503 e. The molecule has 2 aromatic carbocycles.